The maximum Gasteiger partial charge on any atom is 0.290 e. The normalized spacial score (nSPS) is 13.1. The fraction of sp³-hybridized carbons (Fsp3) is 0.200. The molecule has 49 heavy (non-hydrogen) atoms. The summed E-state index contributed by atoms with van der Waals surface area (Å²) >= 11 is 0. The molecule has 10 nitrogen and oxygen atoms in total. The number of aromatic nitrogens is 4. The SMILES string of the molecule is O=C(CC(=O)c1cc(Cc2c(F)cc(F)cc2F)cn(Cc2ccc(F)cc2)c1=O)C(=O)N1CCN(c2ccc(-n3cncn3)cc2)CC1. The Morgan fingerprint density at radius 3 is 2.04 bits per heavy atom. The number of Topliss-reactive ketones (excluding diaryl/α,β-unsaturated/α-hetero) is 2. The van der Waals surface area contributed by atoms with Crippen LogP contribution in [0, 0.1) is 23.3 Å². The van der Waals surface area contributed by atoms with Crippen LogP contribution < -0.4 is 10.5 Å². The molecule has 0 saturated carbocycles. The molecule has 0 bridgehead atoms. The fourth-order valence-corrected chi connectivity index (χ4v) is 5.66. The predicted molar refractivity (Wildman–Crippen MR) is 169 cm³/mol. The number of hydrogen-bond donors (Lipinski definition) is 0. The van der Waals surface area contributed by atoms with Crippen molar-refractivity contribution >= 4 is 23.2 Å². The Hall–Kier alpha value is -5.92. The van der Waals surface area contributed by atoms with E-state index in [1.54, 1.807) is 11.0 Å². The van der Waals surface area contributed by atoms with Crippen LogP contribution in [0.4, 0.5) is 23.2 Å². The minimum Gasteiger partial charge on any atom is -0.368 e. The fourth-order valence-electron chi connectivity index (χ4n) is 5.66. The average molecular weight is 673 g/mol. The van der Waals surface area contributed by atoms with Crippen LogP contribution in [0.2, 0.25) is 0 Å². The summed E-state index contributed by atoms with van der Waals surface area (Å²) in [5.41, 5.74) is 0.545. The minimum atomic E-state index is -1.16. The van der Waals surface area contributed by atoms with Crippen molar-refractivity contribution in [3.63, 3.8) is 0 Å². The van der Waals surface area contributed by atoms with Gasteiger partial charge in [0.1, 0.15) is 35.9 Å². The van der Waals surface area contributed by atoms with Gasteiger partial charge in [-0.2, -0.15) is 5.10 Å². The number of benzene rings is 3. The van der Waals surface area contributed by atoms with E-state index in [0.29, 0.717) is 30.8 Å². The Balaban J connectivity index is 1.16. The quantitative estimate of drug-likeness (QED) is 0.0951. The number of piperazine rings is 1. The molecule has 0 N–H and O–H groups in total. The van der Waals surface area contributed by atoms with E-state index in [1.807, 2.05) is 29.2 Å². The summed E-state index contributed by atoms with van der Waals surface area (Å²) in [6, 6.07) is 14.9. The first-order valence-corrected chi connectivity index (χ1v) is 15.2. The molecule has 3 heterocycles. The van der Waals surface area contributed by atoms with Crippen LogP contribution in [-0.2, 0) is 22.6 Å². The summed E-state index contributed by atoms with van der Waals surface area (Å²) in [6.45, 7) is 1.17. The zero-order chi connectivity index (χ0) is 34.7. The third-order valence-electron chi connectivity index (χ3n) is 8.22. The molecule has 1 aliphatic rings. The Bertz CT molecular complexity index is 2050. The number of carbonyl (C=O) groups is 3. The van der Waals surface area contributed by atoms with Gasteiger partial charge in [-0.1, -0.05) is 12.1 Å². The Kier molecular flexibility index (Phi) is 9.47. The monoisotopic (exact) mass is 672 g/mol. The first kappa shape index (κ1) is 33.0. The zero-order valence-corrected chi connectivity index (χ0v) is 25.9. The Morgan fingerprint density at radius 2 is 1.41 bits per heavy atom. The van der Waals surface area contributed by atoms with E-state index in [0.717, 1.165) is 22.0 Å². The molecule has 0 atom stereocenters. The molecule has 1 aliphatic heterocycles. The molecule has 5 aromatic rings. The molecule has 0 spiro atoms. The van der Waals surface area contributed by atoms with Crippen molar-refractivity contribution in [1.82, 2.24) is 24.2 Å². The van der Waals surface area contributed by atoms with Gasteiger partial charge in [-0.05, 0) is 53.6 Å². The van der Waals surface area contributed by atoms with E-state index in [9.17, 15) is 36.7 Å². The van der Waals surface area contributed by atoms with Crippen LogP contribution in [-0.4, -0.2) is 67.9 Å². The molecule has 1 saturated heterocycles. The topological polar surface area (TPSA) is 110 Å². The van der Waals surface area contributed by atoms with E-state index >= 15 is 0 Å². The van der Waals surface area contributed by atoms with Crippen LogP contribution in [0.15, 0.2) is 90.4 Å². The molecule has 3 aromatic carbocycles. The van der Waals surface area contributed by atoms with Crippen molar-refractivity contribution in [2.24, 2.45) is 0 Å². The van der Waals surface area contributed by atoms with Crippen LogP contribution >= 0.6 is 0 Å². The molecule has 0 unspecified atom stereocenters. The lowest BCUT2D eigenvalue weighted by molar-refractivity contribution is -0.144. The summed E-state index contributed by atoms with van der Waals surface area (Å²) in [5, 5.41) is 4.10. The van der Waals surface area contributed by atoms with Crippen molar-refractivity contribution in [2.75, 3.05) is 31.1 Å². The molecule has 0 radical (unpaired) electrons. The van der Waals surface area contributed by atoms with Crippen molar-refractivity contribution in [1.29, 1.82) is 0 Å². The molecular weight excluding hydrogens is 644 g/mol. The number of anilines is 1. The van der Waals surface area contributed by atoms with Gasteiger partial charge in [0.05, 0.1) is 24.2 Å². The van der Waals surface area contributed by atoms with Crippen LogP contribution in [0.3, 0.4) is 0 Å². The molecular formula is C35H28F4N6O4. The second kappa shape index (κ2) is 14.1. The van der Waals surface area contributed by atoms with E-state index in [2.05, 4.69) is 10.1 Å². The van der Waals surface area contributed by atoms with Gasteiger partial charge in [-0.25, -0.2) is 27.2 Å². The van der Waals surface area contributed by atoms with Crippen LogP contribution in [0.5, 0.6) is 0 Å². The number of amides is 1. The summed E-state index contributed by atoms with van der Waals surface area (Å²) in [6.07, 6.45) is 2.93. The van der Waals surface area contributed by atoms with Crippen LogP contribution in [0.25, 0.3) is 5.69 Å². The lowest BCUT2D eigenvalue weighted by Crippen LogP contribution is -2.51. The van der Waals surface area contributed by atoms with Gasteiger partial charge in [-0.15, -0.1) is 0 Å². The van der Waals surface area contributed by atoms with E-state index in [-0.39, 0.29) is 25.2 Å². The second-order valence-corrected chi connectivity index (χ2v) is 11.5. The van der Waals surface area contributed by atoms with E-state index in [4.69, 9.17) is 0 Å². The third-order valence-corrected chi connectivity index (χ3v) is 8.22. The number of hydrogen-bond acceptors (Lipinski definition) is 7. The maximum absolute atomic E-state index is 14.5. The summed E-state index contributed by atoms with van der Waals surface area (Å²) in [4.78, 5) is 60.2. The van der Waals surface area contributed by atoms with Crippen molar-refractivity contribution in [3.05, 3.63) is 141 Å². The largest absolute Gasteiger partial charge is 0.368 e. The van der Waals surface area contributed by atoms with Gasteiger partial charge in [0.25, 0.3) is 11.5 Å². The smallest absolute Gasteiger partial charge is 0.290 e. The van der Waals surface area contributed by atoms with Crippen molar-refractivity contribution in [3.8, 4) is 5.69 Å². The number of carbonyl (C=O) groups excluding carboxylic acids is 3. The van der Waals surface area contributed by atoms with Crippen LogP contribution in [0.1, 0.15) is 33.5 Å². The average Bonchev–Trinajstić information content (AvgIpc) is 3.64. The Morgan fingerprint density at radius 1 is 0.755 bits per heavy atom. The highest BCUT2D eigenvalue weighted by Crippen LogP contribution is 2.21. The highest BCUT2D eigenvalue weighted by molar-refractivity contribution is 6.40. The molecule has 2 aromatic heterocycles. The highest BCUT2D eigenvalue weighted by atomic mass is 19.1. The number of rotatable bonds is 10. The highest BCUT2D eigenvalue weighted by Gasteiger charge is 2.29. The summed E-state index contributed by atoms with van der Waals surface area (Å²) in [5.74, 6) is -6.78. The molecule has 6 rings (SSSR count). The van der Waals surface area contributed by atoms with E-state index < -0.39 is 70.3 Å². The van der Waals surface area contributed by atoms with Gasteiger partial charge < -0.3 is 14.4 Å². The first-order chi connectivity index (χ1) is 23.5. The molecule has 250 valence electrons. The lowest BCUT2D eigenvalue weighted by atomic mass is 10.00. The van der Waals surface area contributed by atoms with Crippen molar-refractivity contribution in [2.45, 2.75) is 19.4 Å². The van der Waals surface area contributed by atoms with Gasteiger partial charge >= 0.3 is 0 Å². The standard InChI is InChI=1S/C35H28F4N6O4/c36-24-3-1-22(2-4-24)18-44-19-23(13-28-30(38)15-25(37)16-31(28)39)14-29(34(44)48)32(46)17-33(47)35(49)43-11-9-42(10-12-43)26-5-7-27(8-6-26)45-21-40-20-41-45/h1-8,14-16,19-21H,9-13,17-18H2. The van der Waals surface area contributed by atoms with Gasteiger partial charge in [0.15, 0.2) is 5.78 Å². The van der Waals surface area contributed by atoms with Gasteiger partial charge in [-0.3, -0.25) is 19.2 Å². The Labute approximate surface area is 276 Å². The summed E-state index contributed by atoms with van der Waals surface area (Å²) < 4.78 is 58.7. The summed E-state index contributed by atoms with van der Waals surface area (Å²) in [7, 11) is 0. The minimum absolute atomic E-state index is 0.110. The van der Waals surface area contributed by atoms with Gasteiger partial charge in [0, 0.05) is 62.2 Å². The van der Waals surface area contributed by atoms with Crippen molar-refractivity contribution < 1.29 is 31.9 Å². The lowest BCUT2D eigenvalue weighted by Gasteiger charge is -2.35. The molecule has 1 amide bonds. The predicted octanol–water partition coefficient (Wildman–Crippen LogP) is 4.12. The zero-order valence-electron chi connectivity index (χ0n) is 25.9. The first-order valence-electron chi connectivity index (χ1n) is 15.2. The molecule has 1 fully saturated rings. The molecule has 0 aliphatic carbocycles. The maximum atomic E-state index is 14.5. The second-order valence-electron chi connectivity index (χ2n) is 11.5. The van der Waals surface area contributed by atoms with Gasteiger partial charge in [0.2, 0.25) is 5.78 Å². The number of pyridine rings is 1. The number of nitrogens with zero attached hydrogens (tertiary/aromatic N) is 6. The number of halogens is 4. The van der Waals surface area contributed by atoms with E-state index in [1.165, 1.54) is 41.7 Å². The third kappa shape index (κ3) is 7.48. The molecule has 14 heteroatoms. The number of ketones is 2.